The highest BCUT2D eigenvalue weighted by molar-refractivity contribution is 14.0. The van der Waals surface area contributed by atoms with Gasteiger partial charge < -0.3 is 15.0 Å². The van der Waals surface area contributed by atoms with Crippen molar-refractivity contribution in [1.29, 1.82) is 0 Å². The molecule has 144 valence electrons. The van der Waals surface area contributed by atoms with Crippen LogP contribution in [0.2, 0.25) is 0 Å². The van der Waals surface area contributed by atoms with Crippen molar-refractivity contribution in [1.82, 2.24) is 9.80 Å². The lowest BCUT2D eigenvalue weighted by atomic mass is 10.1. The predicted molar refractivity (Wildman–Crippen MR) is 118 cm³/mol. The molecule has 2 heterocycles. The van der Waals surface area contributed by atoms with E-state index in [2.05, 4.69) is 39.4 Å². The number of aliphatic imine (C=N–C) groups is 1. The van der Waals surface area contributed by atoms with Crippen LogP contribution in [0.1, 0.15) is 32.1 Å². The van der Waals surface area contributed by atoms with Gasteiger partial charge in [0, 0.05) is 37.9 Å². The first kappa shape index (κ1) is 19.9. The molecule has 4 rings (SSSR count). The minimum Gasteiger partial charge on any atom is -0.374 e. The number of ether oxygens (including phenoxy) is 1. The average Bonchev–Trinajstić information content (AvgIpc) is 3.52. The number of anilines is 1. The van der Waals surface area contributed by atoms with Crippen LogP contribution < -0.4 is 5.32 Å². The van der Waals surface area contributed by atoms with Crippen molar-refractivity contribution in [3.63, 3.8) is 0 Å². The molecule has 0 spiro atoms. The Bertz CT molecular complexity index is 572. The molecule has 26 heavy (non-hydrogen) atoms. The second-order valence-corrected chi connectivity index (χ2v) is 7.42. The Morgan fingerprint density at radius 2 is 1.85 bits per heavy atom. The maximum absolute atomic E-state index is 5.98. The van der Waals surface area contributed by atoms with Crippen LogP contribution in [0, 0.1) is 0 Å². The van der Waals surface area contributed by atoms with Gasteiger partial charge in [-0.05, 0) is 44.2 Å². The molecule has 0 radical (unpaired) electrons. The molecule has 1 aromatic carbocycles. The first-order valence-electron chi connectivity index (χ1n) is 9.85. The smallest absolute Gasteiger partial charge is 0.198 e. The Hall–Kier alpha value is -0.860. The van der Waals surface area contributed by atoms with Crippen molar-refractivity contribution in [2.45, 2.75) is 44.2 Å². The topological polar surface area (TPSA) is 40.1 Å². The van der Waals surface area contributed by atoms with E-state index in [1.54, 1.807) is 0 Å². The molecule has 6 heteroatoms. The molecule has 2 saturated heterocycles. The second kappa shape index (κ2) is 9.90. The zero-order valence-electron chi connectivity index (χ0n) is 15.5. The van der Waals surface area contributed by atoms with Crippen LogP contribution in [0.5, 0.6) is 0 Å². The van der Waals surface area contributed by atoms with Crippen LogP contribution in [0.4, 0.5) is 5.69 Å². The highest BCUT2D eigenvalue weighted by Gasteiger charge is 2.32. The van der Waals surface area contributed by atoms with Gasteiger partial charge in [-0.3, -0.25) is 9.89 Å². The predicted octanol–water partition coefficient (Wildman–Crippen LogP) is 3.42. The maximum atomic E-state index is 5.98. The van der Waals surface area contributed by atoms with E-state index in [1.165, 1.54) is 32.1 Å². The van der Waals surface area contributed by atoms with E-state index in [9.17, 15) is 0 Å². The van der Waals surface area contributed by atoms with Crippen LogP contribution in [0.15, 0.2) is 35.3 Å². The third kappa shape index (κ3) is 5.57. The second-order valence-electron chi connectivity index (χ2n) is 7.42. The number of likely N-dealkylation sites (tertiary alicyclic amines) is 1. The van der Waals surface area contributed by atoms with Gasteiger partial charge in [0.25, 0.3) is 0 Å². The Morgan fingerprint density at radius 1 is 1.08 bits per heavy atom. The molecule has 1 aliphatic carbocycles. The van der Waals surface area contributed by atoms with Gasteiger partial charge in [-0.25, -0.2) is 0 Å². The fourth-order valence-electron chi connectivity index (χ4n) is 3.79. The number of para-hydroxylation sites is 1. The lowest BCUT2D eigenvalue weighted by Gasteiger charge is -2.33. The zero-order chi connectivity index (χ0) is 16.9. The summed E-state index contributed by atoms with van der Waals surface area (Å²) in [6.07, 6.45) is 6.80. The summed E-state index contributed by atoms with van der Waals surface area (Å²) >= 11 is 0. The number of rotatable bonds is 4. The van der Waals surface area contributed by atoms with Crippen molar-refractivity contribution >= 4 is 35.6 Å². The van der Waals surface area contributed by atoms with Crippen molar-refractivity contribution in [3.8, 4) is 0 Å². The van der Waals surface area contributed by atoms with Crippen molar-refractivity contribution in [3.05, 3.63) is 30.3 Å². The molecule has 1 N–H and O–H groups in total. The van der Waals surface area contributed by atoms with Crippen molar-refractivity contribution < 1.29 is 4.74 Å². The number of piperidine rings is 1. The molecule has 0 amide bonds. The van der Waals surface area contributed by atoms with Crippen LogP contribution in [-0.2, 0) is 4.74 Å². The molecule has 0 bridgehead atoms. The van der Waals surface area contributed by atoms with Crippen molar-refractivity contribution in [2.24, 2.45) is 4.99 Å². The van der Waals surface area contributed by atoms with Crippen LogP contribution in [-0.4, -0.2) is 67.2 Å². The van der Waals surface area contributed by atoms with E-state index in [0.29, 0.717) is 0 Å². The van der Waals surface area contributed by atoms with E-state index in [1.807, 2.05) is 6.07 Å². The number of morpholine rings is 1. The molecular formula is C20H31IN4O. The van der Waals surface area contributed by atoms with E-state index in [0.717, 1.165) is 57.0 Å². The Balaban J connectivity index is 0.00000196. The monoisotopic (exact) mass is 470 g/mol. The highest BCUT2D eigenvalue weighted by atomic mass is 127. The fourth-order valence-corrected chi connectivity index (χ4v) is 3.79. The average molecular weight is 470 g/mol. The minimum absolute atomic E-state index is 0. The van der Waals surface area contributed by atoms with E-state index >= 15 is 0 Å². The molecular weight excluding hydrogens is 439 g/mol. The molecule has 0 aromatic heterocycles. The first-order chi connectivity index (χ1) is 12.4. The largest absolute Gasteiger partial charge is 0.374 e. The fraction of sp³-hybridized carbons (Fsp3) is 0.650. The molecule has 3 aliphatic rings. The summed E-state index contributed by atoms with van der Waals surface area (Å²) in [5.41, 5.74) is 1.11. The Kier molecular flexibility index (Phi) is 7.57. The number of hydrogen-bond donors (Lipinski definition) is 1. The minimum atomic E-state index is 0. The Morgan fingerprint density at radius 3 is 2.58 bits per heavy atom. The number of halogens is 1. The number of nitrogens with zero attached hydrogens (tertiary/aromatic N) is 3. The normalized spacial score (nSPS) is 24.8. The van der Waals surface area contributed by atoms with Gasteiger partial charge in [-0.1, -0.05) is 18.2 Å². The van der Waals surface area contributed by atoms with Gasteiger partial charge in [-0.2, -0.15) is 0 Å². The SMILES string of the molecule is I.c1ccc(NC(=NCC2CN(C3CC3)CCO2)N2CCCCC2)cc1. The Labute approximate surface area is 174 Å². The van der Waals surface area contributed by atoms with Gasteiger partial charge in [0.1, 0.15) is 0 Å². The standard InChI is InChI=1S/C20H30N4O.HI/c1-3-7-17(8-4-1)22-20(23-11-5-2-6-12-23)21-15-19-16-24(13-14-25-19)18-9-10-18;/h1,3-4,7-8,18-19H,2,5-6,9-16H2,(H,21,22);1H. The summed E-state index contributed by atoms with van der Waals surface area (Å²) in [5, 5.41) is 3.54. The lowest BCUT2D eigenvalue weighted by molar-refractivity contribution is -0.0259. The summed E-state index contributed by atoms with van der Waals surface area (Å²) in [4.78, 5) is 9.95. The van der Waals surface area contributed by atoms with E-state index in [-0.39, 0.29) is 30.1 Å². The molecule has 5 nitrogen and oxygen atoms in total. The molecule has 3 fully saturated rings. The van der Waals surface area contributed by atoms with Gasteiger partial charge in [-0.15, -0.1) is 24.0 Å². The summed E-state index contributed by atoms with van der Waals surface area (Å²) in [6, 6.07) is 11.2. The van der Waals surface area contributed by atoms with Crippen LogP contribution >= 0.6 is 24.0 Å². The van der Waals surface area contributed by atoms with Crippen LogP contribution in [0.25, 0.3) is 0 Å². The van der Waals surface area contributed by atoms with Crippen LogP contribution in [0.3, 0.4) is 0 Å². The van der Waals surface area contributed by atoms with Crippen molar-refractivity contribution in [2.75, 3.05) is 44.6 Å². The molecule has 1 saturated carbocycles. The third-order valence-corrected chi connectivity index (χ3v) is 5.36. The number of nitrogens with one attached hydrogen (secondary N) is 1. The van der Waals surface area contributed by atoms with E-state index in [4.69, 9.17) is 9.73 Å². The summed E-state index contributed by atoms with van der Waals surface area (Å²) in [5.74, 6) is 1.01. The third-order valence-electron chi connectivity index (χ3n) is 5.36. The number of benzene rings is 1. The summed E-state index contributed by atoms with van der Waals surface area (Å²) < 4.78 is 5.98. The molecule has 1 aromatic rings. The maximum Gasteiger partial charge on any atom is 0.198 e. The molecule has 1 unspecified atom stereocenters. The zero-order valence-corrected chi connectivity index (χ0v) is 17.8. The quantitative estimate of drug-likeness (QED) is 0.416. The summed E-state index contributed by atoms with van der Waals surface area (Å²) in [6.45, 7) is 5.91. The van der Waals surface area contributed by atoms with E-state index < -0.39 is 0 Å². The van der Waals surface area contributed by atoms with Gasteiger partial charge in [0.05, 0.1) is 19.3 Å². The molecule has 2 aliphatic heterocycles. The van der Waals surface area contributed by atoms with Gasteiger partial charge in [0.15, 0.2) is 5.96 Å². The summed E-state index contributed by atoms with van der Waals surface area (Å²) in [7, 11) is 0. The first-order valence-corrected chi connectivity index (χ1v) is 9.85. The van der Waals surface area contributed by atoms with Gasteiger partial charge >= 0.3 is 0 Å². The number of guanidine groups is 1. The number of hydrogen-bond acceptors (Lipinski definition) is 3. The lowest BCUT2D eigenvalue weighted by Crippen LogP contribution is -2.45. The molecule has 1 atom stereocenters. The highest BCUT2D eigenvalue weighted by Crippen LogP contribution is 2.28. The van der Waals surface area contributed by atoms with Gasteiger partial charge in [0.2, 0.25) is 0 Å².